The van der Waals surface area contributed by atoms with Crippen LogP contribution in [0.5, 0.6) is 0 Å². The summed E-state index contributed by atoms with van der Waals surface area (Å²) < 4.78 is 0. The third-order valence-electron chi connectivity index (χ3n) is 3.81. The number of nitrogen functional groups attached to an aromatic ring is 1. The molecule has 1 aromatic heterocycles. The van der Waals surface area contributed by atoms with Crippen molar-refractivity contribution in [3.63, 3.8) is 0 Å². The molecule has 6 N–H and O–H groups in total. The van der Waals surface area contributed by atoms with Crippen molar-refractivity contribution < 1.29 is 4.79 Å². The molecule has 128 valence electrons. The SMILES string of the molecule is CCCCCCNC(=O)NC(N)=NC1CCc2nc(N)sc2C1. The molecule has 0 saturated carbocycles. The van der Waals surface area contributed by atoms with Crippen molar-refractivity contribution >= 4 is 28.5 Å². The van der Waals surface area contributed by atoms with Crippen molar-refractivity contribution in [2.24, 2.45) is 10.7 Å². The second-order valence-electron chi connectivity index (χ2n) is 5.77. The number of urea groups is 1. The maximum Gasteiger partial charge on any atom is 0.321 e. The van der Waals surface area contributed by atoms with E-state index in [1.165, 1.54) is 29.1 Å². The van der Waals surface area contributed by atoms with E-state index in [2.05, 4.69) is 27.5 Å². The van der Waals surface area contributed by atoms with Gasteiger partial charge in [-0.3, -0.25) is 5.32 Å². The standard InChI is InChI=1S/C15H26N6OS/c1-2-3-4-5-8-18-15(22)21-13(16)19-10-6-7-11-12(9-10)23-14(17)20-11/h10H,2-9H2,1H3,(H2,17,20)(H4,16,18,19,21,22). The van der Waals surface area contributed by atoms with Crippen LogP contribution in [0.25, 0.3) is 0 Å². The number of carbonyl (C=O) groups is 1. The highest BCUT2D eigenvalue weighted by Crippen LogP contribution is 2.29. The van der Waals surface area contributed by atoms with Gasteiger partial charge in [-0.2, -0.15) is 0 Å². The van der Waals surface area contributed by atoms with E-state index in [1.807, 2.05) is 0 Å². The Bertz CT molecular complexity index is 556. The molecule has 2 rings (SSSR count). The lowest BCUT2D eigenvalue weighted by Gasteiger charge is -2.18. The van der Waals surface area contributed by atoms with Crippen LogP contribution in [-0.4, -0.2) is 29.6 Å². The van der Waals surface area contributed by atoms with Gasteiger partial charge in [0.15, 0.2) is 11.1 Å². The molecule has 0 aliphatic heterocycles. The van der Waals surface area contributed by atoms with Gasteiger partial charge in [0.2, 0.25) is 0 Å². The maximum atomic E-state index is 11.7. The van der Waals surface area contributed by atoms with Crippen LogP contribution in [0.15, 0.2) is 4.99 Å². The second kappa shape index (κ2) is 8.71. The van der Waals surface area contributed by atoms with Gasteiger partial charge in [0, 0.05) is 17.8 Å². The number of fused-ring (bicyclic) bond motifs is 1. The minimum atomic E-state index is -0.290. The van der Waals surface area contributed by atoms with Crippen molar-refractivity contribution in [1.29, 1.82) is 0 Å². The molecule has 1 aliphatic carbocycles. The van der Waals surface area contributed by atoms with Crippen LogP contribution in [-0.2, 0) is 12.8 Å². The predicted octanol–water partition coefficient (Wildman–Crippen LogP) is 1.78. The van der Waals surface area contributed by atoms with Crippen LogP contribution in [0.4, 0.5) is 9.93 Å². The first-order valence-corrected chi connectivity index (χ1v) is 9.02. The van der Waals surface area contributed by atoms with Crippen molar-refractivity contribution in [3.05, 3.63) is 10.6 Å². The molecule has 0 aromatic carbocycles. The predicted molar refractivity (Wildman–Crippen MR) is 94.6 cm³/mol. The number of nitrogens with one attached hydrogen (secondary N) is 2. The van der Waals surface area contributed by atoms with Crippen molar-refractivity contribution in [2.45, 2.75) is 57.9 Å². The summed E-state index contributed by atoms with van der Waals surface area (Å²) in [6.07, 6.45) is 6.99. The van der Waals surface area contributed by atoms with Gasteiger partial charge in [0.1, 0.15) is 0 Å². The zero-order valence-electron chi connectivity index (χ0n) is 13.6. The zero-order valence-corrected chi connectivity index (χ0v) is 14.4. The number of hydrogen-bond acceptors (Lipinski definition) is 5. The normalized spacial score (nSPS) is 17.6. The summed E-state index contributed by atoms with van der Waals surface area (Å²) in [7, 11) is 0. The van der Waals surface area contributed by atoms with Crippen LogP contribution in [0.1, 0.15) is 49.6 Å². The molecule has 2 amide bonds. The van der Waals surface area contributed by atoms with Crippen LogP contribution >= 0.6 is 11.3 Å². The van der Waals surface area contributed by atoms with E-state index in [9.17, 15) is 4.79 Å². The van der Waals surface area contributed by atoms with Crippen LogP contribution in [0.3, 0.4) is 0 Å². The quantitative estimate of drug-likeness (QED) is 0.359. The third-order valence-corrected chi connectivity index (χ3v) is 4.76. The first-order valence-electron chi connectivity index (χ1n) is 8.20. The first-order chi connectivity index (χ1) is 11.1. The van der Waals surface area contributed by atoms with E-state index < -0.39 is 0 Å². The molecule has 23 heavy (non-hydrogen) atoms. The van der Waals surface area contributed by atoms with E-state index in [1.54, 1.807) is 0 Å². The number of thiazole rings is 1. The molecule has 7 nitrogen and oxygen atoms in total. The molecule has 0 radical (unpaired) electrons. The molecule has 1 aromatic rings. The number of guanidine groups is 1. The van der Waals surface area contributed by atoms with Crippen LogP contribution in [0.2, 0.25) is 0 Å². The number of amides is 2. The van der Waals surface area contributed by atoms with Crippen molar-refractivity contribution in [1.82, 2.24) is 15.6 Å². The van der Waals surface area contributed by atoms with Crippen molar-refractivity contribution in [2.75, 3.05) is 12.3 Å². The summed E-state index contributed by atoms with van der Waals surface area (Å²) in [5.41, 5.74) is 12.6. The maximum absolute atomic E-state index is 11.7. The summed E-state index contributed by atoms with van der Waals surface area (Å²) in [4.78, 5) is 21.6. The van der Waals surface area contributed by atoms with Crippen LogP contribution < -0.4 is 22.1 Å². The number of hydrogen-bond donors (Lipinski definition) is 4. The zero-order chi connectivity index (χ0) is 16.7. The average Bonchev–Trinajstić information content (AvgIpc) is 2.86. The lowest BCUT2D eigenvalue weighted by atomic mass is 9.98. The number of aryl methyl sites for hydroxylation is 1. The molecule has 0 spiro atoms. The number of anilines is 1. The largest absolute Gasteiger partial charge is 0.375 e. The average molecular weight is 338 g/mol. The van der Waals surface area contributed by atoms with Gasteiger partial charge in [-0.15, -0.1) is 11.3 Å². The summed E-state index contributed by atoms with van der Waals surface area (Å²) in [6, 6.07) is -0.214. The smallest absolute Gasteiger partial charge is 0.321 e. The molecule has 8 heteroatoms. The van der Waals surface area contributed by atoms with E-state index in [0.29, 0.717) is 11.7 Å². The number of rotatable bonds is 6. The van der Waals surface area contributed by atoms with E-state index in [0.717, 1.165) is 37.8 Å². The minimum absolute atomic E-state index is 0.0761. The number of nitrogens with two attached hydrogens (primary N) is 2. The number of carbonyl (C=O) groups excluding carboxylic acids is 1. The summed E-state index contributed by atoms with van der Waals surface area (Å²) in [6.45, 7) is 2.82. The topological polar surface area (TPSA) is 118 Å². The fourth-order valence-corrected chi connectivity index (χ4v) is 3.58. The molecular formula is C15H26N6OS. The number of nitrogens with zero attached hydrogens (tertiary/aromatic N) is 2. The Labute approximate surface area is 141 Å². The fourth-order valence-electron chi connectivity index (χ4n) is 2.63. The molecule has 0 bridgehead atoms. The molecule has 1 aliphatic rings. The summed E-state index contributed by atoms with van der Waals surface area (Å²) in [5.74, 6) is 0.169. The Kier molecular flexibility index (Phi) is 6.64. The highest BCUT2D eigenvalue weighted by Gasteiger charge is 2.22. The number of aromatic nitrogens is 1. The van der Waals surface area contributed by atoms with Gasteiger partial charge in [-0.05, 0) is 19.3 Å². The van der Waals surface area contributed by atoms with Gasteiger partial charge in [-0.1, -0.05) is 26.2 Å². The Morgan fingerprint density at radius 3 is 3.04 bits per heavy atom. The number of aliphatic imine (C=N–C) groups is 1. The molecule has 1 atom stereocenters. The first kappa shape index (κ1) is 17.5. The summed E-state index contributed by atoms with van der Waals surface area (Å²) >= 11 is 1.51. The van der Waals surface area contributed by atoms with Gasteiger partial charge in [0.05, 0.1) is 11.7 Å². The van der Waals surface area contributed by atoms with Gasteiger partial charge in [0.25, 0.3) is 0 Å². The minimum Gasteiger partial charge on any atom is -0.375 e. The Morgan fingerprint density at radius 1 is 1.43 bits per heavy atom. The molecule has 0 fully saturated rings. The highest BCUT2D eigenvalue weighted by atomic mass is 32.1. The van der Waals surface area contributed by atoms with Gasteiger partial charge in [-0.25, -0.2) is 14.8 Å². The van der Waals surface area contributed by atoms with E-state index >= 15 is 0 Å². The van der Waals surface area contributed by atoms with E-state index in [-0.39, 0.29) is 18.0 Å². The third kappa shape index (κ3) is 5.70. The molecular weight excluding hydrogens is 312 g/mol. The van der Waals surface area contributed by atoms with Crippen molar-refractivity contribution in [3.8, 4) is 0 Å². The monoisotopic (exact) mass is 338 g/mol. The molecule has 1 unspecified atom stereocenters. The molecule has 0 saturated heterocycles. The van der Waals surface area contributed by atoms with E-state index in [4.69, 9.17) is 11.5 Å². The fraction of sp³-hybridized carbons (Fsp3) is 0.667. The van der Waals surface area contributed by atoms with Gasteiger partial charge < -0.3 is 16.8 Å². The van der Waals surface area contributed by atoms with Gasteiger partial charge >= 0.3 is 6.03 Å². The lowest BCUT2D eigenvalue weighted by Crippen LogP contribution is -2.44. The Balaban J connectivity index is 1.74. The second-order valence-corrected chi connectivity index (χ2v) is 6.89. The molecule has 1 heterocycles. The Hall–Kier alpha value is -1.83. The highest BCUT2D eigenvalue weighted by molar-refractivity contribution is 7.15. The Morgan fingerprint density at radius 2 is 2.26 bits per heavy atom. The lowest BCUT2D eigenvalue weighted by molar-refractivity contribution is 0.245. The number of unbranched alkanes of at least 4 members (excludes halogenated alkanes) is 3. The van der Waals surface area contributed by atoms with Crippen LogP contribution in [0, 0.1) is 0 Å². The summed E-state index contributed by atoms with van der Waals surface area (Å²) in [5, 5.41) is 5.99.